The molecule has 1 aromatic rings. The SMILES string of the molecule is [CH]c1cccc(C(C)(C)O)c1. The molecule has 0 unspecified atom stereocenters. The van der Waals surface area contributed by atoms with E-state index in [-0.39, 0.29) is 0 Å². The summed E-state index contributed by atoms with van der Waals surface area (Å²) < 4.78 is 0. The van der Waals surface area contributed by atoms with E-state index < -0.39 is 5.60 Å². The van der Waals surface area contributed by atoms with E-state index >= 15 is 0 Å². The van der Waals surface area contributed by atoms with Gasteiger partial charge in [0.2, 0.25) is 0 Å². The zero-order chi connectivity index (χ0) is 8.48. The molecule has 0 aliphatic rings. The van der Waals surface area contributed by atoms with Gasteiger partial charge in [-0.2, -0.15) is 0 Å². The van der Waals surface area contributed by atoms with Gasteiger partial charge in [0, 0.05) is 0 Å². The maximum absolute atomic E-state index is 9.56. The van der Waals surface area contributed by atoms with Gasteiger partial charge in [-0.1, -0.05) is 24.3 Å². The molecule has 0 fully saturated rings. The molecule has 11 heavy (non-hydrogen) atoms. The van der Waals surface area contributed by atoms with Crippen LogP contribution < -0.4 is 0 Å². The predicted octanol–water partition coefficient (Wildman–Crippen LogP) is 1.97. The number of hydrogen-bond donors (Lipinski definition) is 1. The minimum absolute atomic E-state index is 0.685. The highest BCUT2D eigenvalue weighted by Crippen LogP contribution is 2.19. The number of benzene rings is 1. The maximum atomic E-state index is 9.56. The molecule has 0 aliphatic heterocycles. The Kier molecular flexibility index (Phi) is 2.01. The first kappa shape index (κ1) is 8.28. The summed E-state index contributed by atoms with van der Waals surface area (Å²) in [5, 5.41) is 9.56. The molecule has 0 aromatic heterocycles. The third-order valence-electron chi connectivity index (χ3n) is 1.59. The molecule has 0 spiro atoms. The molecular formula is C10H12O. The summed E-state index contributed by atoms with van der Waals surface area (Å²) >= 11 is 0. The first-order valence-corrected chi connectivity index (χ1v) is 3.58. The molecule has 1 aromatic carbocycles. The second-order valence-corrected chi connectivity index (χ2v) is 3.18. The van der Waals surface area contributed by atoms with Crippen LogP contribution in [0.4, 0.5) is 0 Å². The highest BCUT2D eigenvalue weighted by Gasteiger charge is 2.14. The molecule has 0 saturated carbocycles. The van der Waals surface area contributed by atoms with Gasteiger partial charge in [0.25, 0.3) is 0 Å². The second-order valence-electron chi connectivity index (χ2n) is 3.18. The third-order valence-corrected chi connectivity index (χ3v) is 1.59. The van der Waals surface area contributed by atoms with E-state index in [0.717, 1.165) is 5.56 Å². The quantitative estimate of drug-likeness (QED) is 0.645. The fourth-order valence-corrected chi connectivity index (χ4v) is 0.919. The van der Waals surface area contributed by atoms with Crippen molar-refractivity contribution in [2.24, 2.45) is 0 Å². The van der Waals surface area contributed by atoms with Crippen LogP contribution in [-0.2, 0) is 5.60 Å². The summed E-state index contributed by atoms with van der Waals surface area (Å²) in [6.07, 6.45) is 0. The Labute approximate surface area is 67.7 Å². The molecule has 2 radical (unpaired) electrons. The summed E-state index contributed by atoms with van der Waals surface area (Å²) in [7, 11) is 0. The highest BCUT2D eigenvalue weighted by molar-refractivity contribution is 5.28. The van der Waals surface area contributed by atoms with Gasteiger partial charge in [-0.15, -0.1) is 0 Å². The molecule has 0 bridgehead atoms. The minimum atomic E-state index is -0.796. The molecule has 58 valence electrons. The van der Waals surface area contributed by atoms with Crippen LogP contribution in [0.1, 0.15) is 25.0 Å². The van der Waals surface area contributed by atoms with Gasteiger partial charge in [0.15, 0.2) is 0 Å². The largest absolute Gasteiger partial charge is 0.386 e. The summed E-state index contributed by atoms with van der Waals surface area (Å²) in [5.41, 5.74) is 0.733. The fraction of sp³-hybridized carbons (Fsp3) is 0.300. The molecule has 0 saturated heterocycles. The number of rotatable bonds is 1. The molecule has 0 aliphatic carbocycles. The molecule has 1 N–H and O–H groups in total. The number of hydrogen-bond acceptors (Lipinski definition) is 1. The van der Waals surface area contributed by atoms with Crippen LogP contribution in [0.15, 0.2) is 24.3 Å². The van der Waals surface area contributed by atoms with E-state index in [4.69, 9.17) is 6.92 Å². The van der Waals surface area contributed by atoms with Gasteiger partial charge in [-0.25, -0.2) is 0 Å². The average molecular weight is 148 g/mol. The standard InChI is InChI=1S/C10H12O/c1-8-5-4-6-9(7-8)10(2,3)11/h1,4-7,11H,2-3H3. The molecule has 0 heterocycles. The molecule has 1 nitrogen and oxygen atoms in total. The van der Waals surface area contributed by atoms with E-state index in [1.54, 1.807) is 26.0 Å². The lowest BCUT2D eigenvalue weighted by atomic mass is 9.97. The Morgan fingerprint density at radius 3 is 2.36 bits per heavy atom. The lowest BCUT2D eigenvalue weighted by Crippen LogP contribution is -2.15. The predicted molar refractivity (Wildman–Crippen MR) is 45.1 cm³/mol. The average Bonchev–Trinajstić information content (AvgIpc) is 1.86. The molecule has 1 rings (SSSR count). The van der Waals surface area contributed by atoms with Crippen LogP contribution in [0, 0.1) is 6.92 Å². The lowest BCUT2D eigenvalue weighted by molar-refractivity contribution is 0.0786. The van der Waals surface area contributed by atoms with Crippen LogP contribution >= 0.6 is 0 Å². The van der Waals surface area contributed by atoms with E-state index in [2.05, 4.69) is 0 Å². The van der Waals surface area contributed by atoms with Crippen LogP contribution in [-0.4, -0.2) is 5.11 Å². The van der Waals surface area contributed by atoms with Crippen molar-refractivity contribution in [3.63, 3.8) is 0 Å². The normalized spacial score (nSPS) is 11.6. The van der Waals surface area contributed by atoms with E-state index in [9.17, 15) is 5.11 Å². The fourth-order valence-electron chi connectivity index (χ4n) is 0.919. The number of aliphatic hydroxyl groups is 1. The second kappa shape index (κ2) is 2.67. The van der Waals surface area contributed by atoms with Crippen LogP contribution in [0.25, 0.3) is 0 Å². The third kappa shape index (κ3) is 2.05. The first-order valence-electron chi connectivity index (χ1n) is 3.58. The Balaban J connectivity index is 3.06. The smallest absolute Gasteiger partial charge is 0.0840 e. The topological polar surface area (TPSA) is 20.2 Å². The van der Waals surface area contributed by atoms with Gasteiger partial charge in [-0.3, -0.25) is 0 Å². The summed E-state index contributed by atoms with van der Waals surface area (Å²) in [5.74, 6) is 0. The first-order chi connectivity index (χ1) is 5.00. The lowest BCUT2D eigenvalue weighted by Gasteiger charge is -2.17. The van der Waals surface area contributed by atoms with Gasteiger partial charge in [0.1, 0.15) is 0 Å². The van der Waals surface area contributed by atoms with Crippen molar-refractivity contribution >= 4 is 0 Å². The molecule has 1 heteroatoms. The van der Waals surface area contributed by atoms with Gasteiger partial charge >= 0.3 is 0 Å². The minimum Gasteiger partial charge on any atom is -0.386 e. The van der Waals surface area contributed by atoms with Gasteiger partial charge in [0.05, 0.1) is 5.60 Å². The van der Waals surface area contributed by atoms with Gasteiger partial charge in [-0.05, 0) is 31.9 Å². The van der Waals surface area contributed by atoms with E-state index in [0.29, 0.717) is 5.56 Å². The molecule has 0 atom stereocenters. The Morgan fingerprint density at radius 1 is 1.36 bits per heavy atom. The van der Waals surface area contributed by atoms with Crippen LogP contribution in [0.2, 0.25) is 0 Å². The molecule has 0 amide bonds. The maximum Gasteiger partial charge on any atom is 0.0840 e. The van der Waals surface area contributed by atoms with Crippen molar-refractivity contribution < 1.29 is 5.11 Å². The van der Waals surface area contributed by atoms with Crippen molar-refractivity contribution in [3.05, 3.63) is 42.3 Å². The Morgan fingerprint density at radius 2 is 2.00 bits per heavy atom. The zero-order valence-corrected chi connectivity index (χ0v) is 6.83. The van der Waals surface area contributed by atoms with Crippen molar-refractivity contribution in [2.75, 3.05) is 0 Å². The van der Waals surface area contributed by atoms with E-state index in [1.807, 2.05) is 12.1 Å². The zero-order valence-electron chi connectivity index (χ0n) is 6.83. The van der Waals surface area contributed by atoms with E-state index in [1.165, 1.54) is 0 Å². The van der Waals surface area contributed by atoms with Crippen molar-refractivity contribution in [1.82, 2.24) is 0 Å². The van der Waals surface area contributed by atoms with Crippen LogP contribution in [0.3, 0.4) is 0 Å². The van der Waals surface area contributed by atoms with Gasteiger partial charge < -0.3 is 5.11 Å². The van der Waals surface area contributed by atoms with Crippen molar-refractivity contribution in [2.45, 2.75) is 19.4 Å². The summed E-state index contributed by atoms with van der Waals surface area (Å²) in [4.78, 5) is 0. The Bertz CT molecular complexity index is 245. The van der Waals surface area contributed by atoms with Crippen molar-refractivity contribution in [3.8, 4) is 0 Å². The molecular weight excluding hydrogens is 136 g/mol. The summed E-state index contributed by atoms with van der Waals surface area (Å²) in [6.45, 7) is 9.02. The monoisotopic (exact) mass is 148 g/mol. The highest BCUT2D eigenvalue weighted by atomic mass is 16.3. The Hall–Kier alpha value is -0.820. The van der Waals surface area contributed by atoms with Crippen molar-refractivity contribution in [1.29, 1.82) is 0 Å². The van der Waals surface area contributed by atoms with Crippen LogP contribution in [0.5, 0.6) is 0 Å². The summed E-state index contributed by atoms with van der Waals surface area (Å²) in [6, 6.07) is 7.27.